The Morgan fingerprint density at radius 2 is 1.92 bits per heavy atom. The number of carbonyl (C=O) groups is 3. The van der Waals surface area contributed by atoms with E-state index in [1.165, 1.54) is 4.90 Å². The van der Waals surface area contributed by atoms with Gasteiger partial charge in [0.05, 0.1) is 29.8 Å². The number of β-amino-alcohol motifs (C(OH)–C–C–N with tert-alkyl or cyclic N) is 1. The molecular weight excluding hydrogens is 496 g/mol. The Bertz CT molecular complexity index is 1150. The molecule has 0 radical (unpaired) electrons. The summed E-state index contributed by atoms with van der Waals surface area (Å²) in [4.78, 5) is 44.9. The fourth-order valence-electron chi connectivity index (χ4n) is 6.55. The molecule has 9 heteroatoms. The van der Waals surface area contributed by atoms with Crippen molar-refractivity contribution in [3.63, 3.8) is 0 Å². The van der Waals surface area contributed by atoms with Crippen molar-refractivity contribution < 1.29 is 29.0 Å². The number of carbonyl (C=O) groups excluding carboxylic acids is 3. The zero-order valence-electron chi connectivity index (χ0n) is 21.2. The second-order valence-electron chi connectivity index (χ2n) is 10.2. The summed E-state index contributed by atoms with van der Waals surface area (Å²) in [5.41, 5.74) is -1.11. The van der Waals surface area contributed by atoms with Gasteiger partial charge in [-0.3, -0.25) is 14.4 Å². The lowest BCUT2D eigenvalue weighted by atomic mass is 9.73. The molecular formula is C28H33ClN2O6. The average molecular weight is 529 g/mol. The lowest BCUT2D eigenvalue weighted by Gasteiger charge is -2.38. The molecule has 1 spiro atoms. The van der Waals surface area contributed by atoms with Gasteiger partial charge in [0.1, 0.15) is 23.2 Å². The van der Waals surface area contributed by atoms with Crippen LogP contribution in [0.3, 0.4) is 0 Å². The number of ether oxygens (including phenoxy) is 2. The molecule has 4 aliphatic heterocycles. The summed E-state index contributed by atoms with van der Waals surface area (Å²) in [5, 5.41) is 10.3. The van der Waals surface area contributed by atoms with E-state index in [2.05, 4.69) is 0 Å². The maximum absolute atomic E-state index is 14.4. The number of cyclic esters (lactones) is 1. The smallest absolute Gasteiger partial charge is 0.313 e. The Balaban J connectivity index is 1.68. The normalized spacial score (nSPS) is 34.5. The highest BCUT2D eigenvalue weighted by molar-refractivity contribution is 6.34. The minimum atomic E-state index is -1.40. The fraction of sp³-hybridized carbons (Fsp3) is 0.536. The second kappa shape index (κ2) is 9.89. The van der Waals surface area contributed by atoms with Gasteiger partial charge in [0, 0.05) is 13.1 Å². The molecule has 0 aromatic heterocycles. The highest BCUT2D eigenvalue weighted by atomic mass is 35.5. The number of benzene rings is 1. The molecule has 37 heavy (non-hydrogen) atoms. The number of hydrogen-bond donors (Lipinski definition) is 1. The predicted molar refractivity (Wildman–Crippen MR) is 138 cm³/mol. The minimum absolute atomic E-state index is 0.0588. The van der Waals surface area contributed by atoms with Crippen LogP contribution in [-0.2, 0) is 23.9 Å². The first kappa shape index (κ1) is 25.9. The van der Waals surface area contributed by atoms with Gasteiger partial charge in [-0.25, -0.2) is 0 Å². The zero-order chi connectivity index (χ0) is 26.4. The second-order valence-corrected chi connectivity index (χ2v) is 10.6. The van der Waals surface area contributed by atoms with E-state index in [0.717, 1.165) is 24.8 Å². The quantitative estimate of drug-likeness (QED) is 0.476. The number of fused-ring (bicyclic) bond motifs is 2. The summed E-state index contributed by atoms with van der Waals surface area (Å²) in [6.45, 7) is 3.90. The lowest BCUT2D eigenvalue weighted by molar-refractivity contribution is -0.160. The average Bonchev–Trinajstić information content (AvgIpc) is 3.22. The van der Waals surface area contributed by atoms with Crippen LogP contribution in [0.5, 0.6) is 0 Å². The minimum Gasteiger partial charge on any atom is -0.465 e. The number of anilines is 1. The van der Waals surface area contributed by atoms with E-state index in [4.69, 9.17) is 21.1 Å². The van der Waals surface area contributed by atoms with Crippen molar-refractivity contribution in [2.75, 3.05) is 31.2 Å². The molecule has 1 aromatic rings. The van der Waals surface area contributed by atoms with Gasteiger partial charge in [-0.2, -0.15) is 0 Å². The molecule has 198 valence electrons. The van der Waals surface area contributed by atoms with Crippen molar-refractivity contribution in [1.29, 1.82) is 0 Å². The van der Waals surface area contributed by atoms with Gasteiger partial charge in [0.2, 0.25) is 5.91 Å². The number of hydrogen-bond acceptors (Lipinski definition) is 6. The first-order valence-corrected chi connectivity index (χ1v) is 13.4. The van der Waals surface area contributed by atoms with Gasteiger partial charge in [-0.15, -0.1) is 0 Å². The monoisotopic (exact) mass is 528 g/mol. The summed E-state index contributed by atoms with van der Waals surface area (Å²) in [5.74, 6) is -3.13. The van der Waals surface area contributed by atoms with Gasteiger partial charge in [0.15, 0.2) is 0 Å². The Kier molecular flexibility index (Phi) is 6.94. The topological polar surface area (TPSA) is 96.4 Å². The van der Waals surface area contributed by atoms with Gasteiger partial charge in [0.25, 0.3) is 5.91 Å². The van der Waals surface area contributed by atoms with Crippen molar-refractivity contribution in [3.8, 4) is 0 Å². The van der Waals surface area contributed by atoms with Crippen LogP contribution in [0.2, 0.25) is 5.02 Å². The van der Waals surface area contributed by atoms with E-state index in [-0.39, 0.29) is 32.2 Å². The fourth-order valence-corrected chi connectivity index (χ4v) is 6.87. The summed E-state index contributed by atoms with van der Waals surface area (Å²) >= 11 is 6.55. The first-order chi connectivity index (χ1) is 17.8. The third kappa shape index (κ3) is 3.92. The number of halogens is 1. The summed E-state index contributed by atoms with van der Waals surface area (Å²) in [7, 11) is 0. The van der Waals surface area contributed by atoms with Crippen molar-refractivity contribution in [3.05, 3.63) is 53.1 Å². The van der Waals surface area contributed by atoms with Crippen LogP contribution in [0.25, 0.3) is 0 Å². The highest BCUT2D eigenvalue weighted by Crippen LogP contribution is 2.58. The number of rotatable bonds is 4. The summed E-state index contributed by atoms with van der Waals surface area (Å²) < 4.78 is 12.5. The number of aliphatic hydroxyl groups is 1. The number of para-hydroxylation sites is 1. The molecule has 0 bridgehead atoms. The van der Waals surface area contributed by atoms with Crippen LogP contribution in [0.15, 0.2) is 42.5 Å². The van der Waals surface area contributed by atoms with Crippen LogP contribution < -0.4 is 4.90 Å². The van der Waals surface area contributed by atoms with Gasteiger partial charge >= 0.3 is 5.97 Å². The van der Waals surface area contributed by atoms with Crippen molar-refractivity contribution in [2.24, 2.45) is 11.8 Å². The number of esters is 1. The number of aliphatic hydroxyl groups excluding tert-OH is 1. The number of allylic oxidation sites excluding steroid dienone is 1. The molecule has 2 amide bonds. The Labute approximate surface area is 221 Å². The molecule has 4 aliphatic rings. The Morgan fingerprint density at radius 1 is 1.11 bits per heavy atom. The number of nitrogens with zero attached hydrogens (tertiary/aromatic N) is 2. The SMILES string of the molecule is CC[C@@]12/C=C\CCCCOC(=O)[C@@H]1[C@H]1C(=O)N(CCO)C3C(=O)N(c4c(C)cccc4Cl)CC=C[C@@]31O2. The molecule has 5 atom stereocenters. The molecule has 2 saturated heterocycles. The van der Waals surface area contributed by atoms with Crippen LogP contribution in [0, 0.1) is 18.8 Å². The molecule has 4 heterocycles. The molecule has 1 N–H and O–H groups in total. The molecule has 1 aromatic carbocycles. The van der Waals surface area contributed by atoms with E-state index < -0.39 is 41.0 Å². The summed E-state index contributed by atoms with van der Waals surface area (Å²) in [6, 6.07) is 4.34. The largest absolute Gasteiger partial charge is 0.465 e. The van der Waals surface area contributed by atoms with Crippen LogP contribution in [-0.4, -0.2) is 71.3 Å². The van der Waals surface area contributed by atoms with Gasteiger partial charge in [-0.1, -0.05) is 55.0 Å². The van der Waals surface area contributed by atoms with E-state index in [1.807, 2.05) is 44.2 Å². The lowest BCUT2D eigenvalue weighted by Crippen LogP contribution is -2.56. The number of likely N-dealkylation sites (tertiary alicyclic amines) is 1. The van der Waals surface area contributed by atoms with Crippen LogP contribution >= 0.6 is 11.6 Å². The van der Waals surface area contributed by atoms with Crippen molar-refractivity contribution >= 4 is 35.1 Å². The third-order valence-corrected chi connectivity index (χ3v) is 8.49. The van der Waals surface area contributed by atoms with E-state index in [1.54, 1.807) is 17.0 Å². The zero-order valence-corrected chi connectivity index (χ0v) is 21.9. The molecule has 0 saturated carbocycles. The maximum Gasteiger partial charge on any atom is 0.313 e. The van der Waals surface area contributed by atoms with Crippen molar-refractivity contribution in [1.82, 2.24) is 4.90 Å². The predicted octanol–water partition coefficient (Wildman–Crippen LogP) is 3.19. The van der Waals surface area contributed by atoms with Crippen LogP contribution in [0.1, 0.15) is 38.2 Å². The van der Waals surface area contributed by atoms with Crippen molar-refractivity contribution in [2.45, 2.75) is 56.8 Å². The van der Waals surface area contributed by atoms with Crippen LogP contribution in [0.4, 0.5) is 5.69 Å². The Morgan fingerprint density at radius 3 is 2.65 bits per heavy atom. The highest BCUT2D eigenvalue weighted by Gasteiger charge is 2.75. The molecule has 5 rings (SSSR count). The molecule has 8 nitrogen and oxygen atoms in total. The molecule has 2 fully saturated rings. The standard InChI is InChI=1S/C28H33ClN2O6/c1-3-27-12-6-4-5-7-17-36-26(35)21(27)20-24(33)31(15-16-32)23-25(34)30(14-9-13-28(20,23)37-27)22-18(2)10-8-11-19(22)29/h6,8-13,20-21,23,32H,3-5,7,14-17H2,1-2H3/b12-6-/t20-,21-,23?,27+,28-/m0/s1. The first-order valence-electron chi connectivity index (χ1n) is 13.0. The molecule has 0 aliphatic carbocycles. The number of aryl methyl sites for hydroxylation is 1. The van der Waals surface area contributed by atoms with E-state index in [0.29, 0.717) is 17.1 Å². The number of amides is 2. The van der Waals surface area contributed by atoms with E-state index >= 15 is 0 Å². The van der Waals surface area contributed by atoms with E-state index in [9.17, 15) is 19.5 Å². The Hall–Kier alpha value is -2.68. The maximum atomic E-state index is 14.4. The summed E-state index contributed by atoms with van der Waals surface area (Å²) in [6.07, 6.45) is 10.4. The third-order valence-electron chi connectivity index (χ3n) is 8.18. The van der Waals surface area contributed by atoms with Gasteiger partial charge in [-0.05, 0) is 44.2 Å². The molecule has 1 unspecified atom stereocenters. The van der Waals surface area contributed by atoms with Gasteiger partial charge < -0.3 is 24.4 Å².